The number of alkyl halides is 1. The minimum absolute atomic E-state index is 0.191. The number of nitrogens with zero attached hydrogens (tertiary/aromatic N) is 1. The highest BCUT2D eigenvalue weighted by Crippen LogP contribution is 2.00. The first-order chi connectivity index (χ1) is 6.86. The van der Waals surface area contributed by atoms with Crippen molar-refractivity contribution < 1.29 is 9.18 Å². The fraction of sp³-hybridized carbons (Fsp3) is 0.364. The van der Waals surface area contributed by atoms with Gasteiger partial charge in [0.05, 0.1) is 0 Å². The molecule has 0 radical (unpaired) electrons. The fourth-order valence-corrected chi connectivity index (χ4v) is 1.24. The second-order valence-corrected chi connectivity index (χ2v) is 3.07. The van der Waals surface area contributed by atoms with Crippen LogP contribution in [0.5, 0.6) is 0 Å². The van der Waals surface area contributed by atoms with Crippen molar-refractivity contribution >= 4 is 6.41 Å². The summed E-state index contributed by atoms with van der Waals surface area (Å²) in [5.41, 5.74) is 1.17. The Morgan fingerprint density at radius 3 is 2.50 bits per heavy atom. The molecule has 3 heteroatoms. The van der Waals surface area contributed by atoms with Gasteiger partial charge in [0.2, 0.25) is 6.41 Å². The molecule has 1 aromatic carbocycles. The molecule has 1 aromatic rings. The summed E-state index contributed by atoms with van der Waals surface area (Å²) < 4.78 is 12.0. The maximum Gasteiger partial charge on any atom is 0.209 e. The van der Waals surface area contributed by atoms with Crippen LogP contribution in [0.3, 0.4) is 0 Å². The molecule has 76 valence electrons. The minimum Gasteiger partial charge on any atom is -0.342 e. The molecule has 1 amide bonds. The number of amides is 1. The highest BCUT2D eigenvalue weighted by Gasteiger charge is 2.00. The summed E-state index contributed by atoms with van der Waals surface area (Å²) in [6.45, 7) is 0.293. The lowest BCUT2D eigenvalue weighted by molar-refractivity contribution is -0.118. The Morgan fingerprint density at radius 1 is 1.21 bits per heavy atom. The molecule has 0 aliphatic heterocycles. The van der Waals surface area contributed by atoms with Gasteiger partial charge in [0.15, 0.2) is 0 Å². The quantitative estimate of drug-likeness (QED) is 0.632. The van der Waals surface area contributed by atoms with Crippen molar-refractivity contribution in [2.75, 3.05) is 19.8 Å². The molecule has 0 N–H and O–H groups in total. The summed E-state index contributed by atoms with van der Waals surface area (Å²) in [6.07, 6.45) is 1.47. The Morgan fingerprint density at radius 2 is 1.93 bits per heavy atom. The second kappa shape index (κ2) is 6.13. The molecule has 0 aromatic heterocycles. The van der Waals surface area contributed by atoms with Gasteiger partial charge >= 0.3 is 0 Å². The number of carbonyl (C=O) groups excluding carboxylic acids is 1. The average Bonchev–Trinajstić information content (AvgIpc) is 2.25. The Kier molecular flexibility index (Phi) is 4.69. The van der Waals surface area contributed by atoms with Gasteiger partial charge in [-0.15, -0.1) is 0 Å². The molecule has 0 fully saturated rings. The molecule has 0 spiro atoms. The number of benzene rings is 1. The summed E-state index contributed by atoms with van der Waals surface area (Å²) in [5.74, 6) is 0. The van der Waals surface area contributed by atoms with Crippen molar-refractivity contribution in [1.82, 2.24) is 4.90 Å². The van der Waals surface area contributed by atoms with Gasteiger partial charge in [0, 0.05) is 13.1 Å². The zero-order chi connectivity index (χ0) is 10.2. The molecule has 0 saturated carbocycles. The van der Waals surface area contributed by atoms with Gasteiger partial charge < -0.3 is 4.90 Å². The number of rotatable bonds is 6. The van der Waals surface area contributed by atoms with E-state index < -0.39 is 6.67 Å². The smallest absolute Gasteiger partial charge is 0.209 e. The number of hydrogen-bond acceptors (Lipinski definition) is 1. The van der Waals surface area contributed by atoms with Crippen molar-refractivity contribution in [2.24, 2.45) is 0 Å². The van der Waals surface area contributed by atoms with Crippen molar-refractivity contribution in [2.45, 2.75) is 6.42 Å². The topological polar surface area (TPSA) is 20.3 Å². The van der Waals surface area contributed by atoms with Crippen LogP contribution in [0.15, 0.2) is 30.3 Å². The van der Waals surface area contributed by atoms with Gasteiger partial charge in [-0.1, -0.05) is 30.3 Å². The van der Waals surface area contributed by atoms with Crippen LogP contribution in [-0.2, 0) is 11.2 Å². The molecule has 2 nitrogen and oxygen atoms in total. The zero-order valence-corrected chi connectivity index (χ0v) is 8.03. The first-order valence-electron chi connectivity index (χ1n) is 4.66. The van der Waals surface area contributed by atoms with Crippen molar-refractivity contribution in [3.8, 4) is 0 Å². The van der Waals surface area contributed by atoms with Crippen LogP contribution in [0.2, 0.25) is 0 Å². The zero-order valence-electron chi connectivity index (χ0n) is 8.03. The summed E-state index contributed by atoms with van der Waals surface area (Å²) in [7, 11) is 0. The molecule has 0 heterocycles. The lowest BCUT2D eigenvalue weighted by atomic mass is 10.1. The Hall–Kier alpha value is -1.38. The maximum atomic E-state index is 12.0. The summed E-state index contributed by atoms with van der Waals surface area (Å²) in [4.78, 5) is 11.9. The standard InChI is InChI=1S/C11H14FNO/c12-7-9-13(10-14)8-6-11-4-2-1-3-5-11/h1-5,10H,6-9H2. The Balaban J connectivity index is 2.35. The number of carbonyl (C=O) groups is 1. The van der Waals surface area contributed by atoms with Gasteiger partial charge in [-0.05, 0) is 12.0 Å². The van der Waals surface area contributed by atoms with Crippen molar-refractivity contribution in [3.05, 3.63) is 35.9 Å². The predicted molar refractivity (Wildman–Crippen MR) is 53.8 cm³/mol. The summed E-state index contributed by atoms with van der Waals surface area (Å²) >= 11 is 0. The van der Waals surface area contributed by atoms with Gasteiger partial charge in [0.25, 0.3) is 0 Å². The molecule has 0 atom stereocenters. The van der Waals surface area contributed by atoms with E-state index in [1.165, 1.54) is 10.5 Å². The normalized spacial score (nSPS) is 9.79. The molecule has 1 rings (SSSR count). The van der Waals surface area contributed by atoms with Gasteiger partial charge in [-0.2, -0.15) is 0 Å². The summed E-state index contributed by atoms with van der Waals surface area (Å²) in [6, 6.07) is 9.85. The number of halogens is 1. The van der Waals surface area contributed by atoms with Crippen molar-refractivity contribution in [3.63, 3.8) is 0 Å². The van der Waals surface area contributed by atoms with Gasteiger partial charge in [0.1, 0.15) is 6.67 Å². The lowest BCUT2D eigenvalue weighted by Crippen LogP contribution is -2.26. The van der Waals surface area contributed by atoms with Crippen LogP contribution >= 0.6 is 0 Å². The van der Waals surface area contributed by atoms with Crippen LogP contribution in [0.25, 0.3) is 0 Å². The molecule has 0 saturated heterocycles. The molecule has 0 bridgehead atoms. The van der Waals surface area contributed by atoms with Gasteiger partial charge in [-0.3, -0.25) is 4.79 Å². The first kappa shape index (κ1) is 10.7. The molecule has 0 unspecified atom stereocenters. The fourth-order valence-electron chi connectivity index (χ4n) is 1.24. The van der Waals surface area contributed by atoms with Gasteiger partial charge in [-0.25, -0.2) is 4.39 Å². The number of hydrogen-bond donors (Lipinski definition) is 0. The van der Waals surface area contributed by atoms with E-state index in [1.807, 2.05) is 30.3 Å². The third-order valence-corrected chi connectivity index (χ3v) is 2.05. The van der Waals surface area contributed by atoms with E-state index in [0.29, 0.717) is 13.0 Å². The van der Waals surface area contributed by atoms with Crippen LogP contribution in [0.1, 0.15) is 5.56 Å². The Labute approximate surface area is 83.3 Å². The predicted octanol–water partition coefficient (Wildman–Crippen LogP) is 1.66. The van der Waals surface area contributed by atoms with E-state index in [9.17, 15) is 9.18 Å². The van der Waals surface area contributed by atoms with Crippen LogP contribution in [0, 0.1) is 0 Å². The van der Waals surface area contributed by atoms with E-state index in [0.717, 1.165) is 6.42 Å². The molecule has 0 aliphatic carbocycles. The third-order valence-electron chi connectivity index (χ3n) is 2.05. The SMILES string of the molecule is O=CN(CCF)CCc1ccccc1. The minimum atomic E-state index is -0.479. The molecular formula is C11H14FNO. The largest absolute Gasteiger partial charge is 0.342 e. The Bertz CT molecular complexity index is 263. The van der Waals surface area contributed by atoms with E-state index in [-0.39, 0.29) is 6.54 Å². The lowest BCUT2D eigenvalue weighted by Gasteiger charge is -2.14. The van der Waals surface area contributed by atoms with E-state index >= 15 is 0 Å². The molecular weight excluding hydrogens is 181 g/mol. The maximum absolute atomic E-state index is 12.0. The van der Waals surface area contributed by atoms with E-state index in [1.54, 1.807) is 0 Å². The van der Waals surface area contributed by atoms with Crippen LogP contribution in [0.4, 0.5) is 4.39 Å². The highest BCUT2D eigenvalue weighted by molar-refractivity contribution is 5.46. The average molecular weight is 195 g/mol. The monoisotopic (exact) mass is 195 g/mol. The van der Waals surface area contributed by atoms with Crippen LogP contribution < -0.4 is 0 Å². The summed E-state index contributed by atoms with van der Waals surface area (Å²) in [5, 5.41) is 0. The van der Waals surface area contributed by atoms with Crippen molar-refractivity contribution in [1.29, 1.82) is 0 Å². The van der Waals surface area contributed by atoms with Crippen LogP contribution in [-0.4, -0.2) is 31.1 Å². The third kappa shape index (κ3) is 3.56. The second-order valence-electron chi connectivity index (χ2n) is 3.07. The first-order valence-corrected chi connectivity index (χ1v) is 4.66. The van der Waals surface area contributed by atoms with E-state index in [4.69, 9.17) is 0 Å². The molecule has 0 aliphatic rings. The highest BCUT2D eigenvalue weighted by atomic mass is 19.1. The van der Waals surface area contributed by atoms with E-state index in [2.05, 4.69) is 0 Å². The molecule has 14 heavy (non-hydrogen) atoms.